The Kier molecular flexibility index (Phi) is 4.69. The van der Waals surface area contributed by atoms with E-state index in [2.05, 4.69) is 6.92 Å². The molecule has 2 unspecified atom stereocenters. The highest BCUT2D eigenvalue weighted by Gasteiger charge is 2.58. The lowest BCUT2D eigenvalue weighted by atomic mass is 9.88. The Morgan fingerprint density at radius 2 is 1.95 bits per heavy atom. The number of rotatable bonds is 6. The van der Waals surface area contributed by atoms with Crippen molar-refractivity contribution in [2.75, 3.05) is 0 Å². The molecule has 4 nitrogen and oxygen atoms in total. The van der Waals surface area contributed by atoms with Gasteiger partial charge >= 0.3 is 5.97 Å². The van der Waals surface area contributed by atoms with Crippen molar-refractivity contribution < 1.29 is 19.3 Å². The molecule has 2 atom stereocenters. The van der Waals surface area contributed by atoms with Crippen molar-refractivity contribution in [3.8, 4) is 0 Å². The molecule has 0 saturated carbocycles. The maximum absolute atomic E-state index is 12.6. The Labute approximate surface area is 126 Å². The Morgan fingerprint density at radius 1 is 1.29 bits per heavy atom. The second-order valence-corrected chi connectivity index (χ2v) is 5.97. The Hall–Kier alpha value is -1.39. The van der Waals surface area contributed by atoms with Crippen molar-refractivity contribution >= 4 is 5.97 Å². The maximum atomic E-state index is 12.6. The van der Waals surface area contributed by atoms with Gasteiger partial charge in [-0.15, -0.1) is 0 Å². The summed E-state index contributed by atoms with van der Waals surface area (Å²) in [6, 6.07) is 9.71. The fourth-order valence-electron chi connectivity index (χ4n) is 2.59. The zero-order chi connectivity index (χ0) is 15.5. The van der Waals surface area contributed by atoms with Crippen LogP contribution >= 0.6 is 0 Å². The number of esters is 1. The molecule has 1 aromatic rings. The molecule has 1 saturated heterocycles. The minimum atomic E-state index is -0.956. The summed E-state index contributed by atoms with van der Waals surface area (Å²) < 4.78 is 5.75. The third-order valence-corrected chi connectivity index (χ3v) is 4.07. The lowest BCUT2D eigenvalue weighted by molar-refractivity contribution is -0.499. The molecule has 1 heterocycles. The first-order valence-electron chi connectivity index (χ1n) is 7.59. The summed E-state index contributed by atoms with van der Waals surface area (Å²) in [6.45, 7) is 7.75. The standard InChI is InChI=1S/C17H24O4/c1-5-10-14-17(6-2,21-20-14)15(18)19-16(3,4)13-11-8-7-9-12-13/h7-9,11-12,14H,5-6,10H2,1-4H3. The van der Waals surface area contributed by atoms with E-state index in [1.807, 2.05) is 51.1 Å². The largest absolute Gasteiger partial charge is 0.452 e. The van der Waals surface area contributed by atoms with Crippen molar-refractivity contribution in [2.24, 2.45) is 0 Å². The van der Waals surface area contributed by atoms with Gasteiger partial charge in [0.2, 0.25) is 5.60 Å². The Bertz CT molecular complexity index is 479. The first kappa shape index (κ1) is 16.0. The van der Waals surface area contributed by atoms with Crippen LogP contribution in [0.15, 0.2) is 30.3 Å². The van der Waals surface area contributed by atoms with Crippen LogP contribution in [0.5, 0.6) is 0 Å². The highest BCUT2D eigenvalue weighted by Crippen LogP contribution is 2.39. The van der Waals surface area contributed by atoms with Crippen molar-refractivity contribution in [3.63, 3.8) is 0 Å². The van der Waals surface area contributed by atoms with Gasteiger partial charge in [-0.2, -0.15) is 0 Å². The molecule has 0 aromatic heterocycles. The molecule has 1 aliphatic rings. The minimum absolute atomic E-state index is 0.216. The van der Waals surface area contributed by atoms with E-state index in [0.717, 1.165) is 18.4 Å². The van der Waals surface area contributed by atoms with Crippen molar-refractivity contribution in [2.45, 2.75) is 64.3 Å². The number of hydrogen-bond acceptors (Lipinski definition) is 4. The van der Waals surface area contributed by atoms with E-state index < -0.39 is 11.2 Å². The van der Waals surface area contributed by atoms with Gasteiger partial charge in [0.05, 0.1) is 0 Å². The average Bonchev–Trinajstić information content (AvgIpc) is 2.45. The Morgan fingerprint density at radius 3 is 2.43 bits per heavy atom. The molecule has 2 rings (SSSR count). The monoisotopic (exact) mass is 292 g/mol. The molecule has 0 N–H and O–H groups in total. The van der Waals surface area contributed by atoms with Gasteiger partial charge in [0.25, 0.3) is 0 Å². The number of carbonyl (C=O) groups excluding carboxylic acids is 1. The average molecular weight is 292 g/mol. The van der Waals surface area contributed by atoms with Gasteiger partial charge in [-0.25, -0.2) is 14.6 Å². The normalized spacial score (nSPS) is 25.2. The molecule has 0 radical (unpaired) electrons. The smallest absolute Gasteiger partial charge is 0.345 e. The van der Waals surface area contributed by atoms with Crippen molar-refractivity contribution in [3.05, 3.63) is 35.9 Å². The quantitative estimate of drug-likeness (QED) is 0.592. The van der Waals surface area contributed by atoms with Crippen LogP contribution in [0, 0.1) is 0 Å². The molecule has 1 fully saturated rings. The fraction of sp³-hybridized carbons (Fsp3) is 0.588. The van der Waals surface area contributed by atoms with Gasteiger partial charge in [0.15, 0.2) is 0 Å². The van der Waals surface area contributed by atoms with Crippen LogP contribution < -0.4 is 0 Å². The fourth-order valence-corrected chi connectivity index (χ4v) is 2.59. The highest BCUT2D eigenvalue weighted by atomic mass is 17.3. The van der Waals surface area contributed by atoms with Gasteiger partial charge < -0.3 is 4.74 Å². The third kappa shape index (κ3) is 2.97. The van der Waals surface area contributed by atoms with E-state index in [-0.39, 0.29) is 12.1 Å². The number of hydrogen-bond donors (Lipinski definition) is 0. The summed E-state index contributed by atoms with van der Waals surface area (Å²) in [4.78, 5) is 22.9. The molecule has 4 heteroatoms. The number of carbonyl (C=O) groups is 1. The van der Waals surface area contributed by atoms with E-state index >= 15 is 0 Å². The lowest BCUT2D eigenvalue weighted by Gasteiger charge is -2.45. The molecular weight excluding hydrogens is 268 g/mol. The SMILES string of the molecule is CCCC1OOC1(CC)C(=O)OC(C)(C)c1ccccc1. The van der Waals surface area contributed by atoms with Gasteiger partial charge in [0, 0.05) is 0 Å². The zero-order valence-electron chi connectivity index (χ0n) is 13.2. The minimum Gasteiger partial charge on any atom is -0.452 e. The topological polar surface area (TPSA) is 44.8 Å². The molecule has 0 spiro atoms. The van der Waals surface area contributed by atoms with Crippen LogP contribution in [0.4, 0.5) is 0 Å². The van der Waals surface area contributed by atoms with E-state index in [4.69, 9.17) is 14.5 Å². The first-order chi connectivity index (χ1) is 9.96. The molecule has 0 amide bonds. The predicted octanol–water partition coefficient (Wildman–Crippen LogP) is 3.74. The van der Waals surface area contributed by atoms with E-state index in [1.54, 1.807) is 0 Å². The summed E-state index contributed by atoms with van der Waals surface area (Å²) in [5.41, 5.74) is -0.699. The van der Waals surface area contributed by atoms with Gasteiger partial charge in [-0.3, -0.25) is 0 Å². The molecule has 0 aliphatic carbocycles. The number of ether oxygens (including phenoxy) is 1. The zero-order valence-corrected chi connectivity index (χ0v) is 13.2. The van der Waals surface area contributed by atoms with Gasteiger partial charge in [-0.1, -0.05) is 50.6 Å². The van der Waals surface area contributed by atoms with Gasteiger partial charge in [-0.05, 0) is 32.3 Å². The summed E-state index contributed by atoms with van der Waals surface area (Å²) in [6.07, 6.45) is 2.05. The van der Waals surface area contributed by atoms with Crippen LogP contribution in [0.25, 0.3) is 0 Å². The second-order valence-electron chi connectivity index (χ2n) is 5.97. The van der Waals surface area contributed by atoms with Crippen LogP contribution in [-0.2, 0) is 24.9 Å². The van der Waals surface area contributed by atoms with Crippen LogP contribution in [0.1, 0.15) is 52.5 Å². The molecule has 21 heavy (non-hydrogen) atoms. The predicted molar refractivity (Wildman–Crippen MR) is 79.4 cm³/mol. The molecular formula is C17H24O4. The molecule has 116 valence electrons. The molecule has 1 aromatic carbocycles. The van der Waals surface area contributed by atoms with E-state index in [9.17, 15) is 4.79 Å². The number of benzene rings is 1. The summed E-state index contributed by atoms with van der Waals surface area (Å²) in [7, 11) is 0. The van der Waals surface area contributed by atoms with Crippen molar-refractivity contribution in [1.82, 2.24) is 0 Å². The van der Waals surface area contributed by atoms with Crippen LogP contribution in [0.2, 0.25) is 0 Å². The summed E-state index contributed by atoms with van der Waals surface area (Å²) in [5, 5.41) is 0. The van der Waals surface area contributed by atoms with Crippen LogP contribution in [0.3, 0.4) is 0 Å². The maximum Gasteiger partial charge on any atom is 0.345 e. The molecule has 1 aliphatic heterocycles. The third-order valence-electron chi connectivity index (χ3n) is 4.07. The van der Waals surface area contributed by atoms with E-state index in [1.165, 1.54) is 0 Å². The second kappa shape index (κ2) is 6.16. The Balaban J connectivity index is 2.13. The van der Waals surface area contributed by atoms with Crippen molar-refractivity contribution in [1.29, 1.82) is 0 Å². The summed E-state index contributed by atoms with van der Waals surface area (Å²) in [5.74, 6) is -0.344. The summed E-state index contributed by atoms with van der Waals surface area (Å²) >= 11 is 0. The van der Waals surface area contributed by atoms with Gasteiger partial charge in [0.1, 0.15) is 11.7 Å². The lowest BCUT2D eigenvalue weighted by Crippen LogP contribution is -2.62. The molecule has 0 bridgehead atoms. The van der Waals surface area contributed by atoms with E-state index in [0.29, 0.717) is 6.42 Å². The highest BCUT2D eigenvalue weighted by molar-refractivity contribution is 5.81. The van der Waals surface area contributed by atoms with Crippen LogP contribution in [-0.4, -0.2) is 17.7 Å². The first-order valence-corrected chi connectivity index (χ1v) is 7.59.